The number of nitrogens with zero attached hydrogens (tertiary/aromatic N) is 4. The van der Waals surface area contributed by atoms with E-state index in [-0.39, 0.29) is 0 Å². The molecule has 1 aromatic rings. The Morgan fingerprint density at radius 1 is 1.19 bits per heavy atom. The van der Waals surface area contributed by atoms with Gasteiger partial charge in [-0.05, 0) is 13.3 Å². The molecule has 1 atom stereocenters. The molecule has 0 bridgehead atoms. The minimum Gasteiger partial charge on any atom is -0.314 e. The van der Waals surface area contributed by atoms with Crippen LogP contribution in [-0.4, -0.2) is 45.8 Å². The smallest absolute Gasteiger partial charge is 0.150 e. The van der Waals surface area contributed by atoms with Crippen LogP contribution in [0.4, 0.5) is 0 Å². The summed E-state index contributed by atoms with van der Waals surface area (Å²) in [5.74, 6) is 2.34. The fourth-order valence-electron chi connectivity index (χ4n) is 2.71. The predicted molar refractivity (Wildman–Crippen MR) is 61.2 cm³/mol. The number of aromatic nitrogens is 3. The Morgan fingerprint density at radius 3 is 2.81 bits per heavy atom. The summed E-state index contributed by atoms with van der Waals surface area (Å²) >= 11 is 0. The number of aryl methyl sites for hydroxylation is 1. The second-order valence-electron chi connectivity index (χ2n) is 4.69. The largest absolute Gasteiger partial charge is 0.314 e. The van der Waals surface area contributed by atoms with Crippen LogP contribution in [0.15, 0.2) is 0 Å². The van der Waals surface area contributed by atoms with E-state index in [4.69, 9.17) is 0 Å². The normalized spacial score (nSPS) is 23.3. The molecule has 0 spiro atoms. The number of fused-ring (bicyclic) bond motifs is 1. The fourth-order valence-corrected chi connectivity index (χ4v) is 2.71. The molecule has 16 heavy (non-hydrogen) atoms. The fraction of sp³-hybridized carbons (Fsp3) is 0.818. The van der Waals surface area contributed by atoms with E-state index in [0.29, 0.717) is 6.04 Å². The first-order chi connectivity index (χ1) is 7.86. The van der Waals surface area contributed by atoms with Gasteiger partial charge in [0.25, 0.3) is 0 Å². The SMILES string of the molecule is CC(c1nnc2n1CCC2)N1CCNCC1. The third-order valence-electron chi connectivity index (χ3n) is 3.71. The summed E-state index contributed by atoms with van der Waals surface area (Å²) in [5, 5.41) is 12.0. The number of piperazine rings is 1. The highest BCUT2D eigenvalue weighted by molar-refractivity contribution is 5.04. The van der Waals surface area contributed by atoms with Gasteiger partial charge in [0.15, 0.2) is 0 Å². The minimum atomic E-state index is 0.404. The first-order valence-corrected chi connectivity index (χ1v) is 6.23. The lowest BCUT2D eigenvalue weighted by Crippen LogP contribution is -2.45. The lowest BCUT2D eigenvalue weighted by molar-refractivity contribution is 0.176. The molecule has 2 aliphatic heterocycles. The molecule has 5 heteroatoms. The van der Waals surface area contributed by atoms with Gasteiger partial charge in [-0.15, -0.1) is 10.2 Å². The molecule has 88 valence electrons. The first-order valence-electron chi connectivity index (χ1n) is 6.23. The van der Waals surface area contributed by atoms with Gasteiger partial charge in [-0.2, -0.15) is 0 Å². The van der Waals surface area contributed by atoms with Crippen LogP contribution in [0.2, 0.25) is 0 Å². The van der Waals surface area contributed by atoms with Crippen molar-refractivity contribution in [3.63, 3.8) is 0 Å². The van der Waals surface area contributed by atoms with E-state index in [2.05, 4.69) is 31.9 Å². The maximum absolute atomic E-state index is 4.36. The number of rotatable bonds is 2. The molecule has 0 amide bonds. The molecule has 1 saturated heterocycles. The van der Waals surface area contributed by atoms with Gasteiger partial charge in [0.1, 0.15) is 11.6 Å². The van der Waals surface area contributed by atoms with Crippen molar-refractivity contribution >= 4 is 0 Å². The lowest BCUT2D eigenvalue weighted by atomic mass is 10.2. The molecule has 1 unspecified atom stereocenters. The first kappa shape index (κ1) is 10.2. The minimum absolute atomic E-state index is 0.404. The summed E-state index contributed by atoms with van der Waals surface area (Å²) in [4.78, 5) is 2.49. The Morgan fingerprint density at radius 2 is 2.00 bits per heavy atom. The van der Waals surface area contributed by atoms with Crippen LogP contribution in [0.3, 0.4) is 0 Å². The van der Waals surface area contributed by atoms with E-state index in [1.807, 2.05) is 0 Å². The molecule has 0 aliphatic carbocycles. The van der Waals surface area contributed by atoms with Crippen LogP contribution in [0.5, 0.6) is 0 Å². The summed E-state index contributed by atoms with van der Waals surface area (Å²) in [5.41, 5.74) is 0. The summed E-state index contributed by atoms with van der Waals surface area (Å²) in [6.45, 7) is 7.76. The third kappa shape index (κ3) is 1.64. The van der Waals surface area contributed by atoms with Crippen molar-refractivity contribution in [1.82, 2.24) is 25.0 Å². The van der Waals surface area contributed by atoms with Crippen LogP contribution in [0.25, 0.3) is 0 Å². The molecule has 1 aromatic heterocycles. The summed E-state index contributed by atoms with van der Waals surface area (Å²) < 4.78 is 2.31. The van der Waals surface area contributed by atoms with E-state index >= 15 is 0 Å². The molecule has 1 N–H and O–H groups in total. The van der Waals surface area contributed by atoms with Crippen LogP contribution in [0, 0.1) is 0 Å². The summed E-state index contributed by atoms with van der Waals surface area (Å²) in [6, 6.07) is 0.404. The van der Waals surface area contributed by atoms with Gasteiger partial charge in [0.2, 0.25) is 0 Å². The van der Waals surface area contributed by atoms with Crippen molar-refractivity contribution < 1.29 is 0 Å². The van der Waals surface area contributed by atoms with Gasteiger partial charge in [-0.3, -0.25) is 4.90 Å². The number of nitrogens with one attached hydrogen (secondary N) is 1. The Kier molecular flexibility index (Phi) is 2.65. The Hall–Kier alpha value is -0.940. The second-order valence-corrected chi connectivity index (χ2v) is 4.69. The quantitative estimate of drug-likeness (QED) is 0.774. The zero-order chi connectivity index (χ0) is 11.0. The van der Waals surface area contributed by atoms with Gasteiger partial charge < -0.3 is 9.88 Å². The van der Waals surface area contributed by atoms with Crippen molar-refractivity contribution in [1.29, 1.82) is 0 Å². The molecular weight excluding hydrogens is 202 g/mol. The molecule has 5 nitrogen and oxygen atoms in total. The molecule has 0 radical (unpaired) electrons. The molecule has 0 saturated carbocycles. The summed E-state index contributed by atoms with van der Waals surface area (Å²) in [7, 11) is 0. The standard InChI is InChI=1S/C11H19N5/c1-9(15-7-4-12-5-8-15)11-14-13-10-3-2-6-16(10)11/h9,12H,2-8H2,1H3. The Labute approximate surface area is 95.8 Å². The van der Waals surface area contributed by atoms with Gasteiger partial charge in [0.05, 0.1) is 6.04 Å². The highest BCUT2D eigenvalue weighted by Gasteiger charge is 2.25. The van der Waals surface area contributed by atoms with E-state index in [1.54, 1.807) is 0 Å². The molecule has 3 heterocycles. The molecule has 2 aliphatic rings. The average molecular weight is 221 g/mol. The van der Waals surface area contributed by atoms with E-state index < -0.39 is 0 Å². The van der Waals surface area contributed by atoms with E-state index in [0.717, 1.165) is 45.0 Å². The maximum atomic E-state index is 4.36. The van der Waals surface area contributed by atoms with Gasteiger partial charge in [-0.25, -0.2) is 0 Å². The van der Waals surface area contributed by atoms with Crippen molar-refractivity contribution in [2.75, 3.05) is 26.2 Å². The zero-order valence-electron chi connectivity index (χ0n) is 9.82. The van der Waals surface area contributed by atoms with Crippen LogP contribution in [-0.2, 0) is 13.0 Å². The van der Waals surface area contributed by atoms with Crippen molar-refractivity contribution in [2.24, 2.45) is 0 Å². The van der Waals surface area contributed by atoms with Crippen LogP contribution >= 0.6 is 0 Å². The maximum Gasteiger partial charge on any atom is 0.150 e. The lowest BCUT2D eigenvalue weighted by Gasteiger charge is -2.32. The van der Waals surface area contributed by atoms with Gasteiger partial charge in [-0.1, -0.05) is 0 Å². The van der Waals surface area contributed by atoms with Crippen molar-refractivity contribution in [3.05, 3.63) is 11.6 Å². The monoisotopic (exact) mass is 221 g/mol. The average Bonchev–Trinajstić information content (AvgIpc) is 2.91. The molecule has 1 fully saturated rings. The van der Waals surface area contributed by atoms with Crippen molar-refractivity contribution in [3.8, 4) is 0 Å². The van der Waals surface area contributed by atoms with Crippen LogP contribution in [0.1, 0.15) is 31.0 Å². The van der Waals surface area contributed by atoms with Gasteiger partial charge >= 0.3 is 0 Å². The molecule has 3 rings (SSSR count). The molecule has 0 aromatic carbocycles. The Balaban J connectivity index is 1.80. The highest BCUT2D eigenvalue weighted by Crippen LogP contribution is 2.23. The number of hydrogen-bond acceptors (Lipinski definition) is 4. The highest BCUT2D eigenvalue weighted by atomic mass is 15.3. The third-order valence-corrected chi connectivity index (χ3v) is 3.71. The van der Waals surface area contributed by atoms with Crippen molar-refractivity contribution in [2.45, 2.75) is 32.4 Å². The predicted octanol–water partition coefficient (Wildman–Crippen LogP) is 0.190. The zero-order valence-corrected chi connectivity index (χ0v) is 9.82. The van der Waals surface area contributed by atoms with E-state index in [9.17, 15) is 0 Å². The van der Waals surface area contributed by atoms with Gasteiger partial charge in [0, 0.05) is 39.1 Å². The summed E-state index contributed by atoms with van der Waals surface area (Å²) in [6.07, 6.45) is 2.33. The number of hydrogen-bond donors (Lipinski definition) is 1. The second kappa shape index (κ2) is 4.14. The van der Waals surface area contributed by atoms with Crippen LogP contribution < -0.4 is 5.32 Å². The molecular formula is C11H19N5. The topological polar surface area (TPSA) is 46.0 Å². The Bertz CT molecular complexity index is 366. The van der Waals surface area contributed by atoms with E-state index in [1.165, 1.54) is 12.2 Å².